The van der Waals surface area contributed by atoms with Crippen molar-refractivity contribution in [2.45, 2.75) is 38.0 Å². The van der Waals surface area contributed by atoms with Crippen LogP contribution in [0.4, 0.5) is 0 Å². The van der Waals surface area contributed by atoms with E-state index in [2.05, 4.69) is 0 Å². The van der Waals surface area contributed by atoms with Crippen LogP contribution in [0.15, 0.2) is 24.3 Å². The Morgan fingerprint density at radius 2 is 1.87 bits per heavy atom. The average Bonchev–Trinajstić information content (AvgIpc) is 3.24. The van der Waals surface area contributed by atoms with Gasteiger partial charge >= 0.3 is 5.97 Å². The van der Waals surface area contributed by atoms with E-state index in [0.29, 0.717) is 16.5 Å². The van der Waals surface area contributed by atoms with Crippen LogP contribution in [0.25, 0.3) is 0 Å². The van der Waals surface area contributed by atoms with Crippen LogP contribution in [-0.2, 0) is 15.0 Å². The number of amides is 1. The maximum absolute atomic E-state index is 12.6. The van der Waals surface area contributed by atoms with Crippen LogP contribution in [0.1, 0.15) is 38.2 Å². The predicted molar refractivity (Wildman–Crippen MR) is 88.5 cm³/mol. The molecule has 1 aliphatic heterocycles. The molecule has 1 heterocycles. The van der Waals surface area contributed by atoms with Crippen LogP contribution in [-0.4, -0.2) is 35.0 Å². The van der Waals surface area contributed by atoms with Crippen molar-refractivity contribution >= 4 is 23.5 Å². The highest BCUT2D eigenvalue weighted by atomic mass is 35.5. The number of halogens is 1. The fraction of sp³-hybridized carbons (Fsp3) is 0.556. The van der Waals surface area contributed by atoms with E-state index in [9.17, 15) is 14.7 Å². The van der Waals surface area contributed by atoms with Gasteiger partial charge in [0.2, 0.25) is 5.91 Å². The fourth-order valence-corrected chi connectivity index (χ4v) is 3.63. The highest BCUT2D eigenvalue weighted by Crippen LogP contribution is 2.41. The number of rotatable bonds is 5. The Labute approximate surface area is 141 Å². The van der Waals surface area contributed by atoms with Crippen molar-refractivity contribution in [2.75, 3.05) is 13.1 Å². The number of likely N-dealkylation sites (tertiary alicyclic amines) is 1. The van der Waals surface area contributed by atoms with E-state index in [1.165, 1.54) is 12.8 Å². The predicted octanol–water partition coefficient (Wildman–Crippen LogP) is 3.33. The molecule has 2 aliphatic rings. The maximum atomic E-state index is 12.6. The maximum Gasteiger partial charge on any atom is 0.314 e. The number of carbonyl (C=O) groups is 2. The lowest BCUT2D eigenvalue weighted by Gasteiger charge is -2.27. The second-order valence-electron chi connectivity index (χ2n) is 7.05. The van der Waals surface area contributed by atoms with Gasteiger partial charge in [-0.2, -0.15) is 0 Å². The highest BCUT2D eigenvalue weighted by molar-refractivity contribution is 6.30. The van der Waals surface area contributed by atoms with E-state index < -0.39 is 11.4 Å². The SMILES string of the molecule is CC(CC(=O)N1CCC(C2CC2)C1)(C(=O)O)c1ccc(Cl)cc1. The van der Waals surface area contributed by atoms with Crippen molar-refractivity contribution in [3.05, 3.63) is 34.9 Å². The molecule has 0 radical (unpaired) electrons. The molecule has 5 heteroatoms. The standard InChI is InChI=1S/C18H22ClNO3/c1-18(17(22)23,14-4-6-15(19)7-5-14)10-16(21)20-9-8-13(11-20)12-2-3-12/h4-7,12-13H,2-3,8-11H2,1H3,(H,22,23). The molecule has 1 saturated carbocycles. The smallest absolute Gasteiger partial charge is 0.314 e. The van der Waals surface area contributed by atoms with E-state index in [-0.39, 0.29) is 12.3 Å². The number of carboxylic acids is 1. The van der Waals surface area contributed by atoms with Gasteiger partial charge in [-0.25, -0.2) is 0 Å². The largest absolute Gasteiger partial charge is 0.481 e. The van der Waals surface area contributed by atoms with Crippen molar-refractivity contribution in [1.29, 1.82) is 0 Å². The number of carbonyl (C=O) groups excluding carboxylic acids is 1. The summed E-state index contributed by atoms with van der Waals surface area (Å²) in [6.07, 6.45) is 3.61. The molecule has 2 unspecified atom stereocenters. The first-order valence-electron chi connectivity index (χ1n) is 8.17. The number of benzene rings is 1. The Kier molecular flexibility index (Phi) is 4.37. The summed E-state index contributed by atoms with van der Waals surface area (Å²) in [5.74, 6) is 0.361. The summed E-state index contributed by atoms with van der Waals surface area (Å²) < 4.78 is 0. The molecule has 2 fully saturated rings. The lowest BCUT2D eigenvalue weighted by Crippen LogP contribution is -2.40. The number of aliphatic carboxylic acids is 1. The van der Waals surface area contributed by atoms with Gasteiger partial charge in [-0.3, -0.25) is 9.59 Å². The lowest BCUT2D eigenvalue weighted by molar-refractivity contribution is -0.147. The molecule has 0 aromatic heterocycles. The van der Waals surface area contributed by atoms with Crippen LogP contribution in [0.3, 0.4) is 0 Å². The molecular weight excluding hydrogens is 314 g/mol. The second-order valence-corrected chi connectivity index (χ2v) is 7.48. The minimum atomic E-state index is -1.22. The number of hydrogen-bond acceptors (Lipinski definition) is 2. The molecule has 3 rings (SSSR count). The van der Waals surface area contributed by atoms with Gasteiger partial charge in [0.15, 0.2) is 0 Å². The molecule has 1 aliphatic carbocycles. The summed E-state index contributed by atoms with van der Waals surface area (Å²) in [6, 6.07) is 6.73. The van der Waals surface area contributed by atoms with Crippen molar-refractivity contribution in [3.8, 4) is 0 Å². The van der Waals surface area contributed by atoms with Gasteiger partial charge in [-0.1, -0.05) is 23.7 Å². The van der Waals surface area contributed by atoms with Crippen molar-refractivity contribution in [2.24, 2.45) is 11.8 Å². The average molecular weight is 336 g/mol. The molecule has 0 spiro atoms. The molecule has 124 valence electrons. The summed E-state index contributed by atoms with van der Waals surface area (Å²) >= 11 is 5.88. The van der Waals surface area contributed by atoms with Gasteiger partial charge in [-0.05, 0) is 55.7 Å². The normalized spacial score (nSPS) is 23.6. The minimum Gasteiger partial charge on any atom is -0.481 e. The van der Waals surface area contributed by atoms with Crippen LogP contribution < -0.4 is 0 Å². The highest BCUT2D eigenvalue weighted by Gasteiger charge is 2.42. The first kappa shape index (κ1) is 16.3. The fourth-order valence-electron chi connectivity index (χ4n) is 3.50. The molecule has 1 aromatic rings. The summed E-state index contributed by atoms with van der Waals surface area (Å²) in [7, 11) is 0. The van der Waals surface area contributed by atoms with Crippen molar-refractivity contribution in [3.63, 3.8) is 0 Å². The Morgan fingerprint density at radius 3 is 2.43 bits per heavy atom. The summed E-state index contributed by atoms with van der Waals surface area (Å²) in [5, 5.41) is 10.2. The van der Waals surface area contributed by atoms with E-state index in [1.807, 2.05) is 4.90 Å². The van der Waals surface area contributed by atoms with Gasteiger partial charge in [-0.15, -0.1) is 0 Å². The van der Waals surface area contributed by atoms with E-state index >= 15 is 0 Å². The molecule has 1 aromatic carbocycles. The van der Waals surface area contributed by atoms with E-state index in [0.717, 1.165) is 25.4 Å². The topological polar surface area (TPSA) is 57.6 Å². The van der Waals surface area contributed by atoms with Gasteiger partial charge in [0.25, 0.3) is 0 Å². The summed E-state index contributed by atoms with van der Waals surface area (Å²) in [6.45, 7) is 3.17. The third-order valence-electron chi connectivity index (χ3n) is 5.32. The molecule has 1 saturated heterocycles. The Balaban J connectivity index is 1.72. The molecule has 0 bridgehead atoms. The van der Waals surface area contributed by atoms with E-state index in [1.54, 1.807) is 31.2 Å². The molecule has 4 nitrogen and oxygen atoms in total. The van der Waals surface area contributed by atoms with Gasteiger partial charge in [0.1, 0.15) is 0 Å². The summed E-state index contributed by atoms with van der Waals surface area (Å²) in [4.78, 5) is 26.3. The Morgan fingerprint density at radius 1 is 1.22 bits per heavy atom. The van der Waals surface area contributed by atoms with Crippen LogP contribution in [0, 0.1) is 11.8 Å². The Bertz CT molecular complexity index is 611. The van der Waals surface area contributed by atoms with Crippen LogP contribution in [0.2, 0.25) is 5.02 Å². The van der Waals surface area contributed by atoms with Gasteiger partial charge < -0.3 is 10.0 Å². The second kappa shape index (κ2) is 6.16. The first-order chi connectivity index (χ1) is 10.9. The van der Waals surface area contributed by atoms with Crippen LogP contribution >= 0.6 is 11.6 Å². The first-order valence-corrected chi connectivity index (χ1v) is 8.55. The number of carboxylic acid groups (broad SMARTS) is 1. The molecule has 1 amide bonds. The zero-order valence-corrected chi connectivity index (χ0v) is 14.1. The minimum absolute atomic E-state index is 0.0125. The molecule has 2 atom stereocenters. The van der Waals surface area contributed by atoms with Gasteiger partial charge in [0, 0.05) is 24.5 Å². The Hall–Kier alpha value is -1.55. The monoisotopic (exact) mass is 335 g/mol. The van der Waals surface area contributed by atoms with Crippen molar-refractivity contribution < 1.29 is 14.7 Å². The third kappa shape index (κ3) is 3.37. The van der Waals surface area contributed by atoms with Crippen LogP contribution in [0.5, 0.6) is 0 Å². The summed E-state index contributed by atoms with van der Waals surface area (Å²) in [5.41, 5.74) is -0.611. The zero-order valence-electron chi connectivity index (χ0n) is 13.3. The molecular formula is C18H22ClNO3. The number of hydrogen-bond donors (Lipinski definition) is 1. The molecule has 23 heavy (non-hydrogen) atoms. The quantitative estimate of drug-likeness (QED) is 0.898. The van der Waals surface area contributed by atoms with Gasteiger partial charge in [0.05, 0.1) is 5.41 Å². The molecule has 1 N–H and O–H groups in total. The zero-order chi connectivity index (χ0) is 16.6. The third-order valence-corrected chi connectivity index (χ3v) is 5.58. The lowest BCUT2D eigenvalue weighted by atomic mass is 9.79. The number of nitrogens with zero attached hydrogens (tertiary/aromatic N) is 1. The van der Waals surface area contributed by atoms with E-state index in [4.69, 9.17) is 11.6 Å². The van der Waals surface area contributed by atoms with Crippen molar-refractivity contribution in [1.82, 2.24) is 4.90 Å².